The monoisotopic (exact) mass is 171 g/mol. The zero-order valence-corrected chi connectivity index (χ0v) is 7.18. The van der Waals surface area contributed by atoms with Gasteiger partial charge < -0.3 is 5.11 Å². The third kappa shape index (κ3) is 1.85. The van der Waals surface area contributed by atoms with Crippen LogP contribution < -0.4 is 0 Å². The Morgan fingerprint density at radius 2 is 2.36 bits per heavy atom. The van der Waals surface area contributed by atoms with Gasteiger partial charge in [-0.05, 0) is 13.8 Å². The van der Waals surface area contributed by atoms with Crippen molar-refractivity contribution in [3.05, 3.63) is 16.1 Å². The number of rotatable bonds is 2. The summed E-state index contributed by atoms with van der Waals surface area (Å²) in [6.45, 7) is 3.28. The Hall–Kier alpha value is -0.740. The Kier molecular flexibility index (Phi) is 2.06. The molecule has 0 saturated carbocycles. The Bertz CT molecular complexity index is 262. The van der Waals surface area contributed by atoms with Crippen molar-refractivity contribution in [3.8, 4) is 0 Å². The molecule has 1 heterocycles. The van der Waals surface area contributed by atoms with Crippen LogP contribution in [-0.4, -0.2) is 16.4 Å². The van der Waals surface area contributed by atoms with Gasteiger partial charge in [-0.25, -0.2) is 4.98 Å². The van der Waals surface area contributed by atoms with Gasteiger partial charge in [0, 0.05) is 6.20 Å². The van der Waals surface area contributed by atoms with Crippen LogP contribution in [0.25, 0.3) is 0 Å². The highest BCUT2D eigenvalue weighted by atomic mass is 32.1. The summed E-state index contributed by atoms with van der Waals surface area (Å²) in [7, 11) is 0. The van der Waals surface area contributed by atoms with Gasteiger partial charge in [-0.2, -0.15) is 0 Å². The van der Waals surface area contributed by atoms with Crippen LogP contribution in [0.2, 0.25) is 0 Å². The molecule has 0 aromatic carbocycles. The Balaban J connectivity index is 2.98. The number of hydrogen-bond donors (Lipinski definition) is 1. The van der Waals surface area contributed by atoms with Crippen molar-refractivity contribution < 1.29 is 9.90 Å². The van der Waals surface area contributed by atoms with E-state index in [1.807, 2.05) is 0 Å². The summed E-state index contributed by atoms with van der Waals surface area (Å²) in [6.07, 6.45) is 2.19. The average Bonchev–Trinajstić information content (AvgIpc) is 2.32. The number of hydrogen-bond acceptors (Lipinski definition) is 4. The molecule has 0 aliphatic heterocycles. The summed E-state index contributed by atoms with van der Waals surface area (Å²) in [5.74, 6) is 0. The molecule has 1 aromatic heterocycles. The van der Waals surface area contributed by atoms with E-state index in [1.165, 1.54) is 17.5 Å². The molecule has 0 aliphatic carbocycles. The van der Waals surface area contributed by atoms with E-state index < -0.39 is 5.60 Å². The molecule has 3 nitrogen and oxygen atoms in total. The molecule has 1 N–H and O–H groups in total. The van der Waals surface area contributed by atoms with E-state index in [4.69, 9.17) is 0 Å². The van der Waals surface area contributed by atoms with Crippen LogP contribution in [0.15, 0.2) is 6.20 Å². The summed E-state index contributed by atoms with van der Waals surface area (Å²) < 4.78 is 0. The quantitative estimate of drug-likeness (QED) is 0.680. The molecule has 0 atom stereocenters. The van der Waals surface area contributed by atoms with Gasteiger partial charge in [0.05, 0.1) is 4.88 Å². The number of aldehydes is 1. The van der Waals surface area contributed by atoms with Crippen molar-refractivity contribution in [2.75, 3.05) is 0 Å². The second-order valence-electron chi connectivity index (χ2n) is 2.74. The Morgan fingerprint density at radius 3 is 2.64 bits per heavy atom. The average molecular weight is 171 g/mol. The highest BCUT2D eigenvalue weighted by molar-refractivity contribution is 7.13. The number of carbonyl (C=O) groups is 1. The van der Waals surface area contributed by atoms with E-state index in [-0.39, 0.29) is 0 Å². The van der Waals surface area contributed by atoms with Gasteiger partial charge in [0.15, 0.2) is 6.29 Å². The molecule has 0 aliphatic rings. The van der Waals surface area contributed by atoms with E-state index in [9.17, 15) is 9.90 Å². The molecule has 0 spiro atoms. The first-order valence-electron chi connectivity index (χ1n) is 3.18. The minimum atomic E-state index is -0.939. The van der Waals surface area contributed by atoms with Gasteiger partial charge in [0.2, 0.25) is 0 Å². The minimum Gasteiger partial charge on any atom is -0.383 e. The van der Waals surface area contributed by atoms with Gasteiger partial charge in [-0.15, -0.1) is 11.3 Å². The number of aromatic nitrogens is 1. The van der Waals surface area contributed by atoms with Gasteiger partial charge in [0.1, 0.15) is 10.6 Å². The molecule has 0 radical (unpaired) electrons. The van der Waals surface area contributed by atoms with Crippen LogP contribution in [0.1, 0.15) is 28.5 Å². The zero-order valence-electron chi connectivity index (χ0n) is 6.37. The lowest BCUT2D eigenvalue weighted by molar-refractivity contribution is 0.0783. The second-order valence-corrected chi connectivity index (χ2v) is 3.81. The van der Waals surface area contributed by atoms with Crippen molar-refractivity contribution >= 4 is 17.6 Å². The Labute approximate surface area is 68.7 Å². The standard InChI is InChI=1S/C7H9NO2S/c1-7(2,10)6-8-3-5(4-9)11-6/h3-4,10H,1-2H3. The summed E-state index contributed by atoms with van der Waals surface area (Å²) >= 11 is 1.21. The Morgan fingerprint density at radius 1 is 1.73 bits per heavy atom. The normalized spacial score (nSPS) is 11.5. The highest BCUT2D eigenvalue weighted by Crippen LogP contribution is 2.23. The van der Waals surface area contributed by atoms with Crippen LogP contribution in [0, 0.1) is 0 Å². The van der Waals surface area contributed by atoms with E-state index in [0.29, 0.717) is 9.88 Å². The maximum absolute atomic E-state index is 10.2. The molecular weight excluding hydrogens is 162 g/mol. The number of thiazole rings is 1. The highest BCUT2D eigenvalue weighted by Gasteiger charge is 2.19. The molecule has 4 heteroatoms. The van der Waals surface area contributed by atoms with E-state index >= 15 is 0 Å². The topological polar surface area (TPSA) is 50.2 Å². The third-order valence-corrected chi connectivity index (χ3v) is 2.40. The van der Waals surface area contributed by atoms with Crippen LogP contribution in [0.5, 0.6) is 0 Å². The summed E-state index contributed by atoms with van der Waals surface area (Å²) in [4.78, 5) is 14.7. The van der Waals surface area contributed by atoms with Crippen LogP contribution >= 0.6 is 11.3 Å². The van der Waals surface area contributed by atoms with Crippen LogP contribution in [-0.2, 0) is 5.60 Å². The van der Waals surface area contributed by atoms with Crippen molar-refractivity contribution in [1.29, 1.82) is 0 Å². The molecular formula is C7H9NO2S. The fraction of sp³-hybridized carbons (Fsp3) is 0.429. The van der Waals surface area contributed by atoms with Crippen molar-refractivity contribution in [2.45, 2.75) is 19.4 Å². The third-order valence-electron chi connectivity index (χ3n) is 1.16. The zero-order chi connectivity index (χ0) is 8.48. The van der Waals surface area contributed by atoms with E-state index in [0.717, 1.165) is 6.29 Å². The first-order chi connectivity index (χ1) is 5.04. The first-order valence-corrected chi connectivity index (χ1v) is 3.99. The lowest BCUT2D eigenvalue weighted by Crippen LogP contribution is -2.14. The predicted octanol–water partition coefficient (Wildman–Crippen LogP) is 1.18. The van der Waals surface area contributed by atoms with Gasteiger partial charge in [-0.3, -0.25) is 4.79 Å². The lowest BCUT2D eigenvalue weighted by Gasteiger charge is -2.11. The fourth-order valence-electron chi connectivity index (χ4n) is 0.624. The smallest absolute Gasteiger partial charge is 0.161 e. The van der Waals surface area contributed by atoms with Gasteiger partial charge >= 0.3 is 0 Å². The maximum atomic E-state index is 10.2. The summed E-state index contributed by atoms with van der Waals surface area (Å²) in [5.41, 5.74) is -0.939. The SMILES string of the molecule is CC(C)(O)c1ncc(C=O)s1. The van der Waals surface area contributed by atoms with Gasteiger partial charge in [0.25, 0.3) is 0 Å². The predicted molar refractivity (Wildman–Crippen MR) is 42.7 cm³/mol. The number of nitrogens with zero attached hydrogens (tertiary/aromatic N) is 1. The summed E-state index contributed by atoms with van der Waals surface area (Å²) in [5, 5.41) is 10.00. The number of carbonyl (C=O) groups excluding carboxylic acids is 1. The van der Waals surface area contributed by atoms with Crippen LogP contribution in [0.3, 0.4) is 0 Å². The van der Waals surface area contributed by atoms with Crippen molar-refractivity contribution in [3.63, 3.8) is 0 Å². The molecule has 0 fully saturated rings. The largest absolute Gasteiger partial charge is 0.383 e. The molecule has 0 unspecified atom stereocenters. The molecule has 60 valence electrons. The van der Waals surface area contributed by atoms with Gasteiger partial charge in [-0.1, -0.05) is 0 Å². The first kappa shape index (κ1) is 8.36. The fourth-order valence-corrected chi connectivity index (χ4v) is 1.36. The van der Waals surface area contributed by atoms with E-state index in [2.05, 4.69) is 4.98 Å². The van der Waals surface area contributed by atoms with Crippen LogP contribution in [0.4, 0.5) is 0 Å². The maximum Gasteiger partial charge on any atom is 0.161 e. The minimum absolute atomic E-state index is 0.544. The molecule has 0 bridgehead atoms. The lowest BCUT2D eigenvalue weighted by atomic mass is 10.2. The number of aliphatic hydroxyl groups is 1. The molecule has 11 heavy (non-hydrogen) atoms. The van der Waals surface area contributed by atoms with Crippen molar-refractivity contribution in [2.24, 2.45) is 0 Å². The molecule has 0 saturated heterocycles. The van der Waals surface area contributed by atoms with Crippen molar-refractivity contribution in [1.82, 2.24) is 4.98 Å². The molecule has 0 amide bonds. The molecule has 1 aromatic rings. The summed E-state index contributed by atoms with van der Waals surface area (Å²) in [6, 6.07) is 0. The second kappa shape index (κ2) is 2.71. The van der Waals surface area contributed by atoms with E-state index in [1.54, 1.807) is 13.8 Å². The molecule has 1 rings (SSSR count).